The van der Waals surface area contributed by atoms with Crippen LogP contribution in [-0.4, -0.2) is 35.5 Å². The predicted octanol–water partition coefficient (Wildman–Crippen LogP) is 6.05. The summed E-state index contributed by atoms with van der Waals surface area (Å²) in [6, 6.07) is 13.8. The van der Waals surface area contributed by atoms with Gasteiger partial charge in [-0.2, -0.15) is 0 Å². The van der Waals surface area contributed by atoms with Crippen LogP contribution in [0.5, 0.6) is 5.75 Å². The van der Waals surface area contributed by atoms with Gasteiger partial charge in [0.1, 0.15) is 18.3 Å². The molecule has 1 aliphatic rings. The first-order valence-electron chi connectivity index (χ1n) is 11.3. The Bertz CT molecular complexity index is 1370. The highest BCUT2D eigenvalue weighted by molar-refractivity contribution is 6.34. The molecular weight excluding hydrogens is 499 g/mol. The van der Waals surface area contributed by atoms with Crippen LogP contribution in [0.4, 0.5) is 16.2 Å². The summed E-state index contributed by atoms with van der Waals surface area (Å²) >= 11 is 12.6. The number of halogens is 2. The molecular formula is C27H25Cl2N4O3+. The van der Waals surface area contributed by atoms with Crippen LogP contribution in [0.1, 0.15) is 20.3 Å². The normalized spacial score (nSPS) is 14.8. The van der Waals surface area contributed by atoms with Gasteiger partial charge in [-0.15, -0.1) is 0 Å². The molecule has 9 heteroatoms. The van der Waals surface area contributed by atoms with E-state index in [1.807, 2.05) is 54.3 Å². The summed E-state index contributed by atoms with van der Waals surface area (Å²) in [6.07, 6.45) is 4.44. The monoisotopic (exact) mass is 523 g/mol. The van der Waals surface area contributed by atoms with Gasteiger partial charge in [0.2, 0.25) is 5.69 Å². The minimum absolute atomic E-state index is 0.192. The zero-order valence-corrected chi connectivity index (χ0v) is 21.7. The maximum atomic E-state index is 13.2. The fourth-order valence-electron chi connectivity index (χ4n) is 4.06. The number of ether oxygens (including phenoxy) is 1. The van der Waals surface area contributed by atoms with Crippen molar-refractivity contribution in [2.75, 3.05) is 18.1 Å². The number of urea groups is 1. The summed E-state index contributed by atoms with van der Waals surface area (Å²) < 4.78 is 7.83. The molecule has 2 heterocycles. The van der Waals surface area contributed by atoms with E-state index in [0.717, 1.165) is 16.0 Å². The summed E-state index contributed by atoms with van der Waals surface area (Å²) in [5, 5.41) is 0.691. The molecule has 0 bridgehead atoms. The number of hydrogen-bond acceptors (Lipinski definition) is 3. The average molecular weight is 524 g/mol. The molecule has 1 aliphatic heterocycles. The van der Waals surface area contributed by atoms with Gasteiger partial charge < -0.3 is 9.64 Å². The number of pyridine rings is 1. The van der Waals surface area contributed by atoms with Gasteiger partial charge in [0.15, 0.2) is 12.4 Å². The van der Waals surface area contributed by atoms with Crippen molar-refractivity contribution in [2.45, 2.75) is 25.8 Å². The second-order valence-corrected chi connectivity index (χ2v) is 9.80. The number of carbonyl (C=O) groups excluding carboxylic acids is 2. The van der Waals surface area contributed by atoms with E-state index >= 15 is 0 Å². The molecule has 3 amide bonds. The fourth-order valence-corrected chi connectivity index (χ4v) is 4.51. The second kappa shape index (κ2) is 10.2. The van der Waals surface area contributed by atoms with E-state index in [1.54, 1.807) is 19.9 Å². The summed E-state index contributed by atoms with van der Waals surface area (Å²) in [4.78, 5) is 32.2. The fraction of sp³-hybridized carbons (Fsp3) is 0.259. The number of aromatic nitrogens is 1. The Morgan fingerprint density at radius 2 is 1.72 bits per heavy atom. The van der Waals surface area contributed by atoms with Gasteiger partial charge in [0.05, 0.1) is 23.9 Å². The second-order valence-electron chi connectivity index (χ2n) is 8.98. The minimum atomic E-state index is -1.03. The summed E-state index contributed by atoms with van der Waals surface area (Å²) in [6.45, 7) is 11.2. The maximum Gasteiger partial charge on any atom is 0.332 e. The first-order valence-corrected chi connectivity index (χ1v) is 12.1. The molecule has 184 valence electrons. The van der Waals surface area contributed by atoms with E-state index in [-0.39, 0.29) is 16.6 Å². The van der Waals surface area contributed by atoms with Crippen molar-refractivity contribution >= 4 is 46.5 Å². The topological polar surface area (TPSA) is 58.1 Å². The Morgan fingerprint density at radius 1 is 1.00 bits per heavy atom. The Balaban J connectivity index is 1.39. The Labute approximate surface area is 220 Å². The number of anilines is 1. The number of carbonyl (C=O) groups is 2. The number of imide groups is 1. The first kappa shape index (κ1) is 25.5. The van der Waals surface area contributed by atoms with Gasteiger partial charge in [0, 0.05) is 23.7 Å². The molecule has 1 fully saturated rings. The average Bonchev–Trinajstić information content (AvgIpc) is 3.01. The Morgan fingerprint density at radius 3 is 2.36 bits per heavy atom. The third kappa shape index (κ3) is 4.88. The smallest absolute Gasteiger partial charge is 0.332 e. The lowest BCUT2D eigenvalue weighted by atomic mass is 10.0. The van der Waals surface area contributed by atoms with Crippen molar-refractivity contribution in [3.8, 4) is 16.9 Å². The van der Waals surface area contributed by atoms with Gasteiger partial charge in [0.25, 0.3) is 5.91 Å². The van der Waals surface area contributed by atoms with Gasteiger partial charge in [-0.05, 0) is 55.7 Å². The van der Waals surface area contributed by atoms with Crippen molar-refractivity contribution < 1.29 is 18.9 Å². The van der Waals surface area contributed by atoms with E-state index in [9.17, 15) is 9.59 Å². The summed E-state index contributed by atoms with van der Waals surface area (Å²) in [7, 11) is 1.96. The van der Waals surface area contributed by atoms with Crippen LogP contribution in [0, 0.1) is 6.57 Å². The quantitative estimate of drug-likeness (QED) is 0.164. The molecule has 0 atom stereocenters. The maximum absolute atomic E-state index is 13.2. The third-order valence-corrected chi connectivity index (χ3v) is 6.76. The highest BCUT2D eigenvalue weighted by Crippen LogP contribution is 2.36. The molecule has 3 aromatic rings. The lowest BCUT2D eigenvalue weighted by Crippen LogP contribution is -2.44. The van der Waals surface area contributed by atoms with Crippen LogP contribution in [0.25, 0.3) is 16.0 Å². The Kier molecular flexibility index (Phi) is 7.21. The molecule has 0 radical (unpaired) electrons. The van der Waals surface area contributed by atoms with Crippen LogP contribution >= 0.6 is 23.2 Å². The van der Waals surface area contributed by atoms with Crippen LogP contribution in [0.2, 0.25) is 10.0 Å². The minimum Gasteiger partial charge on any atom is -0.492 e. The third-order valence-electron chi connectivity index (χ3n) is 6.16. The summed E-state index contributed by atoms with van der Waals surface area (Å²) in [5.41, 5.74) is 1.61. The number of rotatable bonds is 7. The molecule has 0 N–H and O–H groups in total. The van der Waals surface area contributed by atoms with Crippen LogP contribution in [0.3, 0.4) is 0 Å². The van der Waals surface area contributed by atoms with Crippen LogP contribution < -0.4 is 14.2 Å². The van der Waals surface area contributed by atoms with E-state index in [4.69, 9.17) is 34.5 Å². The van der Waals surface area contributed by atoms with Gasteiger partial charge >= 0.3 is 6.03 Å². The van der Waals surface area contributed by atoms with Crippen molar-refractivity contribution in [1.29, 1.82) is 0 Å². The number of nitrogens with zero attached hydrogens (tertiary/aromatic N) is 4. The number of amides is 3. The summed E-state index contributed by atoms with van der Waals surface area (Å²) in [5.74, 6) is 0.203. The first-order chi connectivity index (χ1) is 17.1. The van der Waals surface area contributed by atoms with E-state index in [1.165, 1.54) is 17.0 Å². The molecule has 7 nitrogen and oxygen atoms in total. The van der Waals surface area contributed by atoms with Crippen molar-refractivity contribution in [3.63, 3.8) is 0 Å². The van der Waals surface area contributed by atoms with Gasteiger partial charge in [-0.25, -0.2) is 19.1 Å². The molecule has 4 rings (SSSR count). The molecule has 1 aromatic heterocycles. The molecule has 1 saturated heterocycles. The number of aryl methyl sites for hydroxylation is 1. The molecule has 0 unspecified atom stereocenters. The van der Waals surface area contributed by atoms with E-state index < -0.39 is 11.6 Å². The van der Waals surface area contributed by atoms with Gasteiger partial charge in [-0.3, -0.25) is 4.79 Å². The lowest BCUT2D eigenvalue weighted by Gasteiger charge is -2.27. The van der Waals surface area contributed by atoms with Crippen molar-refractivity contribution in [2.24, 2.45) is 7.05 Å². The standard InChI is InChI=1S/C27H25Cl2N4O3/c1-27(2)25(34)33(20-7-8-23(30-3)21(28)17-20)26(35)32(27)12-5-15-36-24-9-6-19(16-22(24)29)18-10-13-31(4)14-11-18/h6-11,13-14,16-17H,5,12,15H2,1-2,4H3/q+1. The van der Waals surface area contributed by atoms with E-state index in [0.29, 0.717) is 36.0 Å². The van der Waals surface area contributed by atoms with E-state index in [2.05, 4.69) is 4.85 Å². The van der Waals surface area contributed by atoms with Crippen molar-refractivity contribution in [1.82, 2.24) is 4.90 Å². The SMILES string of the molecule is [C-]#[N+]c1ccc(N2C(=O)N(CCCOc3ccc(-c4cc[n+](C)cc4)cc3Cl)C(C)(C)C2=O)cc1Cl. The predicted molar refractivity (Wildman–Crippen MR) is 140 cm³/mol. The number of benzene rings is 2. The number of hydrogen-bond donors (Lipinski definition) is 0. The molecule has 2 aromatic carbocycles. The van der Waals surface area contributed by atoms with Crippen LogP contribution in [-0.2, 0) is 11.8 Å². The highest BCUT2D eigenvalue weighted by Gasteiger charge is 2.51. The molecule has 0 spiro atoms. The lowest BCUT2D eigenvalue weighted by molar-refractivity contribution is -0.671. The Hall–Kier alpha value is -3.60. The highest BCUT2D eigenvalue weighted by atomic mass is 35.5. The zero-order valence-electron chi connectivity index (χ0n) is 20.2. The molecule has 36 heavy (non-hydrogen) atoms. The molecule has 0 aliphatic carbocycles. The zero-order chi connectivity index (χ0) is 26.0. The molecule has 0 saturated carbocycles. The van der Waals surface area contributed by atoms with Crippen LogP contribution in [0.15, 0.2) is 60.9 Å². The largest absolute Gasteiger partial charge is 0.492 e. The van der Waals surface area contributed by atoms with Gasteiger partial charge in [-0.1, -0.05) is 35.3 Å². The van der Waals surface area contributed by atoms with Crippen molar-refractivity contribution in [3.05, 3.63) is 82.4 Å².